The van der Waals surface area contributed by atoms with Crippen LogP contribution in [0.5, 0.6) is 0 Å². The van der Waals surface area contributed by atoms with Gasteiger partial charge in [0, 0.05) is 18.1 Å². The van der Waals surface area contributed by atoms with E-state index in [1.54, 1.807) is 38.1 Å². The summed E-state index contributed by atoms with van der Waals surface area (Å²) in [7, 11) is -2.15. The van der Waals surface area contributed by atoms with Gasteiger partial charge in [0.05, 0.1) is 10.5 Å². The quantitative estimate of drug-likeness (QED) is 0.715. The molecule has 0 unspecified atom stereocenters. The minimum Gasteiger partial charge on any atom is -0.457 e. The van der Waals surface area contributed by atoms with Crippen molar-refractivity contribution in [2.24, 2.45) is 0 Å². The van der Waals surface area contributed by atoms with Crippen molar-refractivity contribution < 1.29 is 17.9 Å². The first-order chi connectivity index (χ1) is 11.7. The van der Waals surface area contributed by atoms with Gasteiger partial charge < -0.3 is 4.74 Å². The Labute approximate surface area is 153 Å². The fourth-order valence-electron chi connectivity index (χ4n) is 2.04. The summed E-state index contributed by atoms with van der Waals surface area (Å²) in [5.74, 6) is -0.584. The van der Waals surface area contributed by atoms with Crippen LogP contribution in [0, 0.1) is 0 Å². The van der Waals surface area contributed by atoms with Gasteiger partial charge in [0.15, 0.2) is 0 Å². The molecule has 0 heterocycles. The second kappa shape index (κ2) is 7.99. The molecule has 2 aromatic rings. The van der Waals surface area contributed by atoms with E-state index in [0.29, 0.717) is 5.02 Å². The molecule has 2 aromatic carbocycles. The summed E-state index contributed by atoms with van der Waals surface area (Å²) < 4.78 is 31.5. The zero-order valence-electron chi connectivity index (χ0n) is 14.3. The SMILES string of the molecule is CC(C)N(C)S(=O)(=O)c1cccc(C(=O)OCc2ccc(Cl)cc2)c1. The average molecular weight is 382 g/mol. The number of sulfonamides is 1. The van der Waals surface area contributed by atoms with Crippen molar-refractivity contribution in [3.8, 4) is 0 Å². The van der Waals surface area contributed by atoms with Crippen molar-refractivity contribution in [2.45, 2.75) is 31.4 Å². The molecule has 0 aromatic heterocycles. The number of hydrogen-bond acceptors (Lipinski definition) is 4. The van der Waals surface area contributed by atoms with Crippen molar-refractivity contribution >= 4 is 27.6 Å². The Hall–Kier alpha value is -1.89. The first kappa shape index (κ1) is 19.4. The number of hydrogen-bond donors (Lipinski definition) is 0. The predicted molar refractivity (Wildman–Crippen MR) is 97.1 cm³/mol. The topological polar surface area (TPSA) is 63.7 Å². The lowest BCUT2D eigenvalue weighted by Gasteiger charge is -2.21. The van der Waals surface area contributed by atoms with Crippen LogP contribution in [-0.2, 0) is 21.4 Å². The highest BCUT2D eigenvalue weighted by molar-refractivity contribution is 7.89. The molecule has 0 fully saturated rings. The van der Waals surface area contributed by atoms with E-state index >= 15 is 0 Å². The molecule has 0 aliphatic rings. The monoisotopic (exact) mass is 381 g/mol. The van der Waals surface area contributed by atoms with E-state index in [9.17, 15) is 13.2 Å². The van der Waals surface area contributed by atoms with Gasteiger partial charge in [-0.3, -0.25) is 0 Å². The summed E-state index contributed by atoms with van der Waals surface area (Å²) in [5, 5.41) is 0.599. The normalized spacial score (nSPS) is 11.8. The van der Waals surface area contributed by atoms with Gasteiger partial charge in [-0.25, -0.2) is 13.2 Å². The average Bonchev–Trinajstić information content (AvgIpc) is 2.60. The van der Waals surface area contributed by atoms with Gasteiger partial charge in [-0.1, -0.05) is 29.8 Å². The van der Waals surface area contributed by atoms with E-state index in [2.05, 4.69) is 0 Å². The highest BCUT2D eigenvalue weighted by atomic mass is 35.5. The van der Waals surface area contributed by atoms with Crippen LogP contribution < -0.4 is 0 Å². The largest absolute Gasteiger partial charge is 0.457 e. The second-order valence-corrected chi connectivity index (χ2v) is 8.28. The number of nitrogens with zero attached hydrogens (tertiary/aromatic N) is 1. The van der Waals surface area contributed by atoms with Crippen molar-refractivity contribution in [2.75, 3.05) is 7.05 Å². The summed E-state index contributed by atoms with van der Waals surface area (Å²) >= 11 is 5.81. The minimum absolute atomic E-state index is 0.0599. The van der Waals surface area contributed by atoms with Gasteiger partial charge in [0.25, 0.3) is 0 Å². The Kier molecular flexibility index (Phi) is 6.21. The number of ether oxygens (including phenoxy) is 1. The molecule has 7 heteroatoms. The van der Waals surface area contributed by atoms with E-state index < -0.39 is 16.0 Å². The van der Waals surface area contributed by atoms with Crippen LogP contribution in [0.1, 0.15) is 29.8 Å². The smallest absolute Gasteiger partial charge is 0.338 e. The third-order valence-electron chi connectivity index (χ3n) is 3.76. The van der Waals surface area contributed by atoms with Crippen LogP contribution in [0.3, 0.4) is 0 Å². The second-order valence-electron chi connectivity index (χ2n) is 5.85. The van der Waals surface area contributed by atoms with E-state index in [0.717, 1.165) is 5.56 Å². The lowest BCUT2D eigenvalue weighted by molar-refractivity contribution is 0.0472. The Morgan fingerprint density at radius 2 is 1.80 bits per heavy atom. The lowest BCUT2D eigenvalue weighted by atomic mass is 10.2. The van der Waals surface area contributed by atoms with Crippen LogP contribution in [0.25, 0.3) is 0 Å². The molecule has 0 N–H and O–H groups in total. The van der Waals surface area contributed by atoms with Crippen LogP contribution in [0.15, 0.2) is 53.4 Å². The van der Waals surface area contributed by atoms with Crippen molar-refractivity contribution in [1.29, 1.82) is 0 Å². The van der Waals surface area contributed by atoms with Gasteiger partial charge in [0.2, 0.25) is 10.0 Å². The first-order valence-corrected chi connectivity index (χ1v) is 9.53. The van der Waals surface area contributed by atoms with Crippen LogP contribution in [0.2, 0.25) is 5.02 Å². The molecule has 0 bridgehead atoms. The zero-order chi connectivity index (χ0) is 18.6. The third-order valence-corrected chi connectivity index (χ3v) is 6.04. The summed E-state index contributed by atoms with van der Waals surface area (Å²) in [4.78, 5) is 12.3. The Morgan fingerprint density at radius 1 is 1.16 bits per heavy atom. The number of carbonyl (C=O) groups is 1. The number of benzene rings is 2. The summed E-state index contributed by atoms with van der Waals surface area (Å²) in [6.07, 6.45) is 0. The van der Waals surface area contributed by atoms with Gasteiger partial charge in [-0.05, 0) is 49.7 Å². The van der Waals surface area contributed by atoms with E-state index in [1.807, 2.05) is 0 Å². The molecular weight excluding hydrogens is 362 g/mol. The number of rotatable bonds is 6. The summed E-state index contributed by atoms with van der Waals surface area (Å²) in [5.41, 5.74) is 0.980. The Bertz CT molecular complexity index is 848. The highest BCUT2D eigenvalue weighted by Gasteiger charge is 2.24. The highest BCUT2D eigenvalue weighted by Crippen LogP contribution is 2.19. The molecule has 134 valence electrons. The van der Waals surface area contributed by atoms with Crippen LogP contribution in [-0.4, -0.2) is 31.8 Å². The van der Waals surface area contributed by atoms with Crippen molar-refractivity contribution in [3.63, 3.8) is 0 Å². The first-order valence-electron chi connectivity index (χ1n) is 7.71. The lowest BCUT2D eigenvalue weighted by Crippen LogP contribution is -2.33. The molecular formula is C18H20ClNO4S. The standard InChI is InChI=1S/C18H20ClNO4S/c1-13(2)20(3)25(22,23)17-6-4-5-15(11-17)18(21)24-12-14-7-9-16(19)10-8-14/h4-11,13H,12H2,1-3H3. The van der Waals surface area contributed by atoms with E-state index in [4.69, 9.17) is 16.3 Å². The van der Waals surface area contributed by atoms with E-state index in [1.165, 1.54) is 35.6 Å². The predicted octanol–water partition coefficient (Wildman–Crippen LogP) is 3.73. The molecule has 25 heavy (non-hydrogen) atoms. The molecule has 0 aliphatic heterocycles. The summed E-state index contributed by atoms with van der Waals surface area (Å²) in [6.45, 7) is 3.64. The molecule has 5 nitrogen and oxygen atoms in total. The number of carbonyl (C=O) groups excluding carboxylic acids is 1. The molecule has 0 atom stereocenters. The zero-order valence-corrected chi connectivity index (χ0v) is 15.8. The van der Waals surface area contributed by atoms with Crippen molar-refractivity contribution in [3.05, 3.63) is 64.7 Å². The molecule has 0 amide bonds. The Morgan fingerprint density at radius 3 is 2.40 bits per heavy atom. The van der Waals surface area contributed by atoms with Crippen LogP contribution in [0.4, 0.5) is 0 Å². The number of halogens is 1. The van der Waals surface area contributed by atoms with Gasteiger partial charge in [0.1, 0.15) is 6.61 Å². The molecule has 2 rings (SSSR count). The summed E-state index contributed by atoms with van der Waals surface area (Å²) in [6, 6.07) is 12.6. The fraction of sp³-hybridized carbons (Fsp3) is 0.278. The van der Waals surface area contributed by atoms with Gasteiger partial charge in [-0.15, -0.1) is 0 Å². The third kappa shape index (κ3) is 4.81. The molecule has 0 saturated carbocycles. The molecule has 0 radical (unpaired) electrons. The van der Waals surface area contributed by atoms with Gasteiger partial charge in [-0.2, -0.15) is 4.31 Å². The maximum Gasteiger partial charge on any atom is 0.338 e. The van der Waals surface area contributed by atoms with Crippen LogP contribution >= 0.6 is 11.6 Å². The Balaban J connectivity index is 2.15. The molecule has 0 saturated heterocycles. The molecule has 0 spiro atoms. The molecule has 0 aliphatic carbocycles. The maximum absolute atomic E-state index is 12.5. The minimum atomic E-state index is -3.66. The van der Waals surface area contributed by atoms with Crippen molar-refractivity contribution in [1.82, 2.24) is 4.31 Å². The van der Waals surface area contributed by atoms with Gasteiger partial charge >= 0.3 is 5.97 Å². The maximum atomic E-state index is 12.5. The number of esters is 1. The van der Waals surface area contributed by atoms with E-state index in [-0.39, 0.29) is 23.1 Å². The fourth-order valence-corrected chi connectivity index (χ4v) is 3.58.